The summed E-state index contributed by atoms with van der Waals surface area (Å²) in [4.78, 5) is 23.6. The van der Waals surface area contributed by atoms with Crippen molar-refractivity contribution in [3.63, 3.8) is 0 Å². The quantitative estimate of drug-likeness (QED) is 0.536. The average Bonchev–Trinajstić information content (AvgIpc) is 2.68. The second-order valence-electron chi connectivity index (χ2n) is 5.99. The van der Waals surface area contributed by atoms with Crippen LogP contribution < -0.4 is 9.62 Å². The Hall–Kier alpha value is -2.79. The molecule has 28 heavy (non-hydrogen) atoms. The Morgan fingerprint density at radius 2 is 1.79 bits per heavy atom. The highest BCUT2D eigenvalue weighted by Crippen LogP contribution is 2.28. The predicted octanol–water partition coefficient (Wildman–Crippen LogP) is 2.65. The van der Waals surface area contributed by atoms with Crippen molar-refractivity contribution in [1.82, 2.24) is 0 Å². The van der Waals surface area contributed by atoms with Crippen LogP contribution in [0.3, 0.4) is 0 Å². The first-order valence-corrected chi connectivity index (χ1v) is 10.9. The molecule has 148 valence electrons. The normalized spacial score (nSPS) is 14.5. The smallest absolute Gasteiger partial charge is 0.337 e. The molecule has 1 heterocycles. The van der Waals surface area contributed by atoms with Gasteiger partial charge in [-0.05, 0) is 30.3 Å². The van der Waals surface area contributed by atoms with Crippen molar-refractivity contribution < 1.29 is 23.2 Å². The molecule has 2 aromatic rings. The molecule has 0 aliphatic carbocycles. The summed E-state index contributed by atoms with van der Waals surface area (Å²) >= 11 is 1.80. The average molecular weight is 423 g/mol. The number of anilines is 2. The van der Waals surface area contributed by atoms with E-state index in [1.807, 2.05) is 4.90 Å². The number of nitrogens with zero attached hydrogens (tertiary/aromatic N) is 2. The number of hydrogen-bond donors (Lipinski definition) is 2. The van der Waals surface area contributed by atoms with E-state index in [-0.39, 0.29) is 21.8 Å². The third-order valence-electron chi connectivity index (χ3n) is 4.19. The van der Waals surface area contributed by atoms with E-state index in [1.165, 1.54) is 12.1 Å². The second kappa shape index (κ2) is 8.07. The van der Waals surface area contributed by atoms with Crippen molar-refractivity contribution in [2.24, 2.45) is 0 Å². The number of carboxylic acids is 1. The highest BCUT2D eigenvalue weighted by atomic mass is 32.2. The lowest BCUT2D eigenvalue weighted by molar-refractivity contribution is -0.384. The van der Waals surface area contributed by atoms with Crippen LogP contribution in [0.25, 0.3) is 0 Å². The molecule has 2 N–H and O–H groups in total. The first-order valence-electron chi connectivity index (χ1n) is 8.25. The van der Waals surface area contributed by atoms with Gasteiger partial charge in [0.2, 0.25) is 0 Å². The summed E-state index contributed by atoms with van der Waals surface area (Å²) in [6, 6.07) is 8.81. The number of aromatic carboxylic acids is 1. The minimum atomic E-state index is -4.02. The van der Waals surface area contributed by atoms with E-state index in [0.29, 0.717) is 5.69 Å². The standard InChI is InChI=1S/C17H17N3O6S2/c21-17(22)15-11-12(1-6-16(15)19-7-9-27-10-8-19)18-28(25,26)14-4-2-13(3-5-14)20(23)24/h1-6,11,18H,7-10H2,(H,21,22). The first kappa shape index (κ1) is 20.0. The monoisotopic (exact) mass is 423 g/mol. The van der Waals surface area contributed by atoms with Crippen LogP contribution in [0.2, 0.25) is 0 Å². The first-order chi connectivity index (χ1) is 13.3. The van der Waals surface area contributed by atoms with Crippen molar-refractivity contribution in [2.45, 2.75) is 4.90 Å². The second-order valence-corrected chi connectivity index (χ2v) is 8.90. The minimum absolute atomic E-state index is 0.01000. The fourth-order valence-electron chi connectivity index (χ4n) is 2.81. The molecule has 9 nitrogen and oxygen atoms in total. The third kappa shape index (κ3) is 4.37. The fourth-order valence-corrected chi connectivity index (χ4v) is 4.76. The van der Waals surface area contributed by atoms with E-state index >= 15 is 0 Å². The van der Waals surface area contributed by atoms with Crippen LogP contribution in [0.4, 0.5) is 17.1 Å². The van der Waals surface area contributed by atoms with Crippen LogP contribution in [0.5, 0.6) is 0 Å². The largest absolute Gasteiger partial charge is 0.478 e. The Morgan fingerprint density at radius 1 is 1.14 bits per heavy atom. The lowest BCUT2D eigenvalue weighted by Gasteiger charge is -2.29. The number of nitro benzene ring substituents is 1. The number of nitro groups is 1. The number of non-ortho nitro benzene ring substituents is 1. The third-order valence-corrected chi connectivity index (χ3v) is 6.53. The molecular formula is C17H17N3O6S2. The lowest BCUT2D eigenvalue weighted by Crippen LogP contribution is -2.33. The molecule has 0 amide bonds. The number of nitrogens with one attached hydrogen (secondary N) is 1. The molecule has 11 heteroatoms. The molecule has 0 aromatic heterocycles. The Bertz CT molecular complexity index is 1000. The van der Waals surface area contributed by atoms with E-state index < -0.39 is 20.9 Å². The molecule has 0 atom stereocenters. The zero-order valence-electron chi connectivity index (χ0n) is 14.6. The maximum absolute atomic E-state index is 12.5. The Kier molecular flexibility index (Phi) is 5.75. The van der Waals surface area contributed by atoms with Crippen LogP contribution in [0.1, 0.15) is 10.4 Å². The van der Waals surface area contributed by atoms with Gasteiger partial charge in [-0.2, -0.15) is 11.8 Å². The molecule has 0 spiro atoms. The molecule has 0 radical (unpaired) electrons. The topological polar surface area (TPSA) is 130 Å². The van der Waals surface area contributed by atoms with Gasteiger partial charge in [-0.25, -0.2) is 13.2 Å². The van der Waals surface area contributed by atoms with E-state index in [9.17, 15) is 28.4 Å². The molecule has 0 bridgehead atoms. The fraction of sp³-hybridized carbons (Fsp3) is 0.235. The molecule has 0 unspecified atom stereocenters. The van der Waals surface area contributed by atoms with Crippen LogP contribution in [-0.2, 0) is 10.0 Å². The van der Waals surface area contributed by atoms with Crippen molar-refractivity contribution in [2.75, 3.05) is 34.2 Å². The van der Waals surface area contributed by atoms with Crippen LogP contribution >= 0.6 is 11.8 Å². The van der Waals surface area contributed by atoms with E-state index in [4.69, 9.17) is 0 Å². The summed E-state index contributed by atoms with van der Waals surface area (Å²) in [7, 11) is -4.02. The molecule has 1 saturated heterocycles. The molecule has 0 saturated carbocycles. The van der Waals surface area contributed by atoms with Crippen LogP contribution in [-0.4, -0.2) is 49.0 Å². The van der Waals surface area contributed by atoms with Crippen LogP contribution in [0.15, 0.2) is 47.4 Å². The SMILES string of the molecule is O=C(O)c1cc(NS(=O)(=O)c2ccc([N+](=O)[O-])cc2)ccc1N1CCSCC1. The Morgan fingerprint density at radius 3 is 2.36 bits per heavy atom. The summed E-state index contributed by atoms with van der Waals surface area (Å²) in [5.74, 6) is 0.644. The number of thioether (sulfide) groups is 1. The van der Waals surface area contributed by atoms with Gasteiger partial charge in [0.15, 0.2) is 0 Å². The maximum Gasteiger partial charge on any atom is 0.337 e. The van der Waals surface area contributed by atoms with Gasteiger partial charge in [-0.3, -0.25) is 14.8 Å². The summed E-state index contributed by atoms with van der Waals surface area (Å²) < 4.78 is 27.3. The number of hydrogen-bond acceptors (Lipinski definition) is 7. The number of benzene rings is 2. The summed E-state index contributed by atoms with van der Waals surface area (Å²) in [6.07, 6.45) is 0. The summed E-state index contributed by atoms with van der Waals surface area (Å²) in [6.45, 7) is 1.44. The zero-order chi connectivity index (χ0) is 20.3. The molecule has 1 fully saturated rings. The van der Waals surface area contributed by atoms with Gasteiger partial charge in [0.05, 0.1) is 21.1 Å². The Labute approximate surface area is 165 Å². The number of carboxylic acid groups (broad SMARTS) is 1. The van der Waals surface area contributed by atoms with E-state index in [1.54, 1.807) is 17.8 Å². The van der Waals surface area contributed by atoms with Crippen molar-refractivity contribution in [1.29, 1.82) is 0 Å². The van der Waals surface area contributed by atoms with Crippen molar-refractivity contribution in [3.8, 4) is 0 Å². The van der Waals surface area contributed by atoms with Crippen LogP contribution in [0, 0.1) is 10.1 Å². The molecule has 2 aromatic carbocycles. The van der Waals surface area contributed by atoms with Gasteiger partial charge in [-0.1, -0.05) is 0 Å². The van der Waals surface area contributed by atoms with E-state index in [0.717, 1.165) is 48.9 Å². The number of sulfonamides is 1. The number of carbonyl (C=O) groups is 1. The van der Waals surface area contributed by atoms with Crippen molar-refractivity contribution >= 4 is 44.8 Å². The lowest BCUT2D eigenvalue weighted by atomic mass is 10.1. The Balaban J connectivity index is 1.87. The minimum Gasteiger partial charge on any atom is -0.478 e. The van der Waals surface area contributed by atoms with Gasteiger partial charge >= 0.3 is 5.97 Å². The molecule has 1 aliphatic heterocycles. The maximum atomic E-state index is 12.5. The van der Waals surface area contributed by atoms with Gasteiger partial charge in [0.1, 0.15) is 0 Å². The van der Waals surface area contributed by atoms with Gasteiger partial charge < -0.3 is 10.0 Å². The van der Waals surface area contributed by atoms with Crippen molar-refractivity contribution in [3.05, 3.63) is 58.1 Å². The summed E-state index contributed by atoms with van der Waals surface area (Å²) in [5.41, 5.74) is 0.434. The molecular weight excluding hydrogens is 406 g/mol. The molecule has 3 rings (SSSR count). The van der Waals surface area contributed by atoms with Gasteiger partial charge in [-0.15, -0.1) is 0 Å². The van der Waals surface area contributed by atoms with Gasteiger partial charge in [0.25, 0.3) is 15.7 Å². The highest BCUT2D eigenvalue weighted by molar-refractivity contribution is 7.99. The number of rotatable bonds is 6. The van der Waals surface area contributed by atoms with E-state index in [2.05, 4.69) is 4.72 Å². The highest BCUT2D eigenvalue weighted by Gasteiger charge is 2.21. The predicted molar refractivity (Wildman–Crippen MR) is 107 cm³/mol. The zero-order valence-corrected chi connectivity index (χ0v) is 16.2. The summed E-state index contributed by atoms with van der Waals surface area (Å²) in [5, 5.41) is 20.2. The molecule has 1 aliphatic rings. The van der Waals surface area contributed by atoms with Gasteiger partial charge in [0, 0.05) is 42.4 Å².